The number of amides is 1. The SMILES string of the molecule is Cc1sc(-c2ccco2)nc1C(=O)NCc1ccccc1N1CCCC1. The molecule has 0 unspecified atom stereocenters. The van der Waals surface area contributed by atoms with Gasteiger partial charge in [0.15, 0.2) is 10.8 Å². The number of para-hydroxylation sites is 1. The first-order valence-corrected chi connectivity index (χ1v) is 9.66. The van der Waals surface area contributed by atoms with Crippen LogP contribution in [0.5, 0.6) is 0 Å². The Kier molecular flexibility index (Phi) is 4.75. The molecule has 0 radical (unpaired) electrons. The molecule has 1 N–H and O–H groups in total. The minimum atomic E-state index is -0.146. The molecular formula is C20H21N3O2S. The Balaban J connectivity index is 1.48. The Bertz CT molecular complexity index is 896. The quantitative estimate of drug-likeness (QED) is 0.733. The molecule has 1 aliphatic heterocycles. The van der Waals surface area contributed by atoms with Crippen LogP contribution < -0.4 is 10.2 Å². The normalized spacial score (nSPS) is 14.0. The third-order valence-corrected chi connectivity index (χ3v) is 5.61. The second-order valence-corrected chi connectivity index (χ2v) is 7.61. The summed E-state index contributed by atoms with van der Waals surface area (Å²) in [5.41, 5.74) is 2.83. The second kappa shape index (κ2) is 7.33. The Morgan fingerprint density at radius 1 is 1.23 bits per heavy atom. The standard InChI is InChI=1S/C20H21N3O2S/c1-14-18(22-20(26-14)17-9-6-12-25-17)19(24)21-13-15-7-2-3-8-16(15)23-10-4-5-11-23/h2-3,6-9,12H,4-5,10-11,13H2,1H3,(H,21,24). The Hall–Kier alpha value is -2.60. The Labute approximate surface area is 156 Å². The third kappa shape index (κ3) is 3.37. The monoisotopic (exact) mass is 367 g/mol. The van der Waals surface area contributed by atoms with Crippen molar-refractivity contribution in [3.8, 4) is 10.8 Å². The average Bonchev–Trinajstić information content (AvgIpc) is 3.40. The van der Waals surface area contributed by atoms with Crippen LogP contribution in [-0.2, 0) is 6.54 Å². The molecule has 0 bridgehead atoms. The van der Waals surface area contributed by atoms with E-state index in [1.807, 2.05) is 25.1 Å². The molecule has 1 aromatic carbocycles. The van der Waals surface area contributed by atoms with Crippen LogP contribution >= 0.6 is 11.3 Å². The van der Waals surface area contributed by atoms with Crippen LogP contribution in [0.4, 0.5) is 5.69 Å². The van der Waals surface area contributed by atoms with Crippen molar-refractivity contribution in [2.75, 3.05) is 18.0 Å². The fourth-order valence-corrected chi connectivity index (χ4v) is 4.18. The lowest BCUT2D eigenvalue weighted by Gasteiger charge is -2.21. The first kappa shape index (κ1) is 16.8. The van der Waals surface area contributed by atoms with E-state index in [-0.39, 0.29) is 5.91 Å². The van der Waals surface area contributed by atoms with Crippen molar-refractivity contribution in [2.45, 2.75) is 26.3 Å². The number of nitrogens with one attached hydrogen (secondary N) is 1. The van der Waals surface area contributed by atoms with Crippen LogP contribution in [0.25, 0.3) is 10.8 Å². The molecule has 6 heteroatoms. The summed E-state index contributed by atoms with van der Waals surface area (Å²) >= 11 is 1.47. The number of hydrogen-bond donors (Lipinski definition) is 1. The zero-order valence-electron chi connectivity index (χ0n) is 14.7. The molecule has 2 aromatic heterocycles. The summed E-state index contributed by atoms with van der Waals surface area (Å²) in [6.45, 7) is 4.58. The molecule has 1 amide bonds. The molecule has 3 aromatic rings. The van der Waals surface area contributed by atoms with Crippen molar-refractivity contribution in [1.82, 2.24) is 10.3 Å². The first-order chi connectivity index (χ1) is 12.7. The van der Waals surface area contributed by atoms with Crippen molar-refractivity contribution in [2.24, 2.45) is 0 Å². The highest BCUT2D eigenvalue weighted by molar-refractivity contribution is 7.15. The largest absolute Gasteiger partial charge is 0.462 e. The molecule has 4 rings (SSSR count). The number of thiazole rings is 1. The van der Waals surface area contributed by atoms with Gasteiger partial charge in [0.2, 0.25) is 0 Å². The smallest absolute Gasteiger partial charge is 0.271 e. The summed E-state index contributed by atoms with van der Waals surface area (Å²) in [6, 6.07) is 12.0. The van der Waals surface area contributed by atoms with Gasteiger partial charge in [-0.15, -0.1) is 11.3 Å². The average molecular weight is 367 g/mol. The van der Waals surface area contributed by atoms with Gasteiger partial charge < -0.3 is 14.6 Å². The predicted octanol–water partition coefficient (Wildman–Crippen LogP) is 4.24. The fraction of sp³-hybridized carbons (Fsp3) is 0.300. The number of anilines is 1. The lowest BCUT2D eigenvalue weighted by atomic mass is 10.1. The maximum Gasteiger partial charge on any atom is 0.271 e. The molecule has 1 saturated heterocycles. The van der Waals surface area contributed by atoms with E-state index in [9.17, 15) is 4.79 Å². The second-order valence-electron chi connectivity index (χ2n) is 6.41. The summed E-state index contributed by atoms with van der Waals surface area (Å²) in [6.07, 6.45) is 4.07. The van der Waals surface area contributed by atoms with Crippen LogP contribution in [0.2, 0.25) is 0 Å². The zero-order valence-corrected chi connectivity index (χ0v) is 15.5. The predicted molar refractivity (Wildman–Crippen MR) is 104 cm³/mol. The van der Waals surface area contributed by atoms with E-state index in [1.165, 1.54) is 29.9 Å². The summed E-state index contributed by atoms with van der Waals surface area (Å²) in [5.74, 6) is 0.546. The number of nitrogens with zero attached hydrogens (tertiary/aromatic N) is 2. The molecule has 0 atom stereocenters. The molecule has 26 heavy (non-hydrogen) atoms. The van der Waals surface area contributed by atoms with E-state index in [0.717, 1.165) is 28.5 Å². The molecule has 0 aliphatic carbocycles. The molecular weight excluding hydrogens is 346 g/mol. The van der Waals surface area contributed by atoms with Crippen molar-refractivity contribution < 1.29 is 9.21 Å². The van der Waals surface area contributed by atoms with E-state index < -0.39 is 0 Å². The lowest BCUT2D eigenvalue weighted by molar-refractivity contribution is 0.0946. The van der Waals surface area contributed by atoms with Crippen LogP contribution in [0.3, 0.4) is 0 Å². The topological polar surface area (TPSA) is 58.4 Å². The van der Waals surface area contributed by atoms with Gasteiger partial charge in [-0.2, -0.15) is 0 Å². The van der Waals surface area contributed by atoms with Crippen molar-refractivity contribution >= 4 is 22.9 Å². The number of carbonyl (C=O) groups is 1. The Morgan fingerprint density at radius 2 is 2.04 bits per heavy atom. The summed E-state index contributed by atoms with van der Waals surface area (Å²) in [5, 5.41) is 3.76. The van der Waals surface area contributed by atoms with E-state index >= 15 is 0 Å². The van der Waals surface area contributed by atoms with Crippen LogP contribution in [0.15, 0.2) is 47.1 Å². The number of hydrogen-bond acceptors (Lipinski definition) is 5. The molecule has 1 fully saturated rings. The Morgan fingerprint density at radius 3 is 2.81 bits per heavy atom. The first-order valence-electron chi connectivity index (χ1n) is 8.85. The highest BCUT2D eigenvalue weighted by atomic mass is 32.1. The fourth-order valence-electron chi connectivity index (χ4n) is 3.30. The van der Waals surface area contributed by atoms with E-state index in [1.54, 1.807) is 6.26 Å². The molecule has 1 aliphatic rings. The molecule has 0 spiro atoms. The van der Waals surface area contributed by atoms with Crippen molar-refractivity contribution in [3.63, 3.8) is 0 Å². The van der Waals surface area contributed by atoms with E-state index in [4.69, 9.17) is 4.42 Å². The van der Waals surface area contributed by atoms with Crippen LogP contribution in [0, 0.1) is 6.92 Å². The van der Waals surface area contributed by atoms with Gasteiger partial charge in [-0.25, -0.2) is 4.98 Å². The van der Waals surface area contributed by atoms with Crippen molar-refractivity contribution in [1.29, 1.82) is 0 Å². The molecule has 3 heterocycles. The van der Waals surface area contributed by atoms with Gasteiger partial charge in [-0.3, -0.25) is 4.79 Å². The van der Waals surface area contributed by atoms with Gasteiger partial charge >= 0.3 is 0 Å². The van der Waals surface area contributed by atoms with Gasteiger partial charge in [0.25, 0.3) is 5.91 Å². The summed E-state index contributed by atoms with van der Waals surface area (Å²) < 4.78 is 5.38. The van der Waals surface area contributed by atoms with E-state index in [2.05, 4.69) is 33.4 Å². The lowest BCUT2D eigenvalue weighted by Crippen LogP contribution is -2.26. The maximum atomic E-state index is 12.6. The summed E-state index contributed by atoms with van der Waals surface area (Å²) in [4.78, 5) is 20.4. The number of aryl methyl sites for hydroxylation is 1. The molecule has 0 saturated carbocycles. The minimum Gasteiger partial charge on any atom is -0.462 e. The highest BCUT2D eigenvalue weighted by Crippen LogP contribution is 2.28. The van der Waals surface area contributed by atoms with Gasteiger partial charge in [0, 0.05) is 30.2 Å². The molecule has 5 nitrogen and oxygen atoms in total. The number of benzene rings is 1. The number of furan rings is 1. The van der Waals surface area contributed by atoms with Gasteiger partial charge in [0.1, 0.15) is 5.69 Å². The zero-order chi connectivity index (χ0) is 17.9. The van der Waals surface area contributed by atoms with Crippen LogP contribution in [0.1, 0.15) is 33.8 Å². The minimum absolute atomic E-state index is 0.146. The number of carbonyl (C=O) groups excluding carboxylic acids is 1. The molecule has 134 valence electrons. The number of rotatable bonds is 5. The van der Waals surface area contributed by atoms with Gasteiger partial charge in [-0.1, -0.05) is 18.2 Å². The highest BCUT2D eigenvalue weighted by Gasteiger charge is 2.19. The summed E-state index contributed by atoms with van der Waals surface area (Å²) in [7, 11) is 0. The van der Waals surface area contributed by atoms with Crippen LogP contribution in [-0.4, -0.2) is 24.0 Å². The third-order valence-electron chi connectivity index (χ3n) is 4.62. The van der Waals surface area contributed by atoms with Gasteiger partial charge in [0.05, 0.1) is 6.26 Å². The van der Waals surface area contributed by atoms with Gasteiger partial charge in [-0.05, 0) is 43.5 Å². The van der Waals surface area contributed by atoms with E-state index in [0.29, 0.717) is 18.0 Å². The number of aromatic nitrogens is 1. The van der Waals surface area contributed by atoms with Crippen molar-refractivity contribution in [3.05, 3.63) is 58.8 Å². The maximum absolute atomic E-state index is 12.6.